The van der Waals surface area contributed by atoms with Gasteiger partial charge < -0.3 is 36.0 Å². The summed E-state index contributed by atoms with van der Waals surface area (Å²) >= 11 is 1.36. The van der Waals surface area contributed by atoms with Crippen molar-refractivity contribution in [3.63, 3.8) is 0 Å². The molecule has 6 atom stereocenters. The van der Waals surface area contributed by atoms with Gasteiger partial charge in [-0.15, -0.1) is 11.8 Å². The molecular formula is C26H38N4O9S. The van der Waals surface area contributed by atoms with Gasteiger partial charge >= 0.3 is 17.9 Å². The minimum Gasteiger partial charge on any atom is -0.480 e. The van der Waals surface area contributed by atoms with Gasteiger partial charge in [0.15, 0.2) is 0 Å². The van der Waals surface area contributed by atoms with Crippen molar-refractivity contribution in [1.82, 2.24) is 21.3 Å². The Hall–Kier alpha value is -2.94. The minimum absolute atomic E-state index is 0.00375. The molecule has 0 radical (unpaired) electrons. The Morgan fingerprint density at radius 3 is 2.58 bits per heavy atom. The molecule has 13 nitrogen and oxygen atoms in total. The molecule has 2 aliphatic carbocycles. The van der Waals surface area contributed by atoms with Gasteiger partial charge in [0.2, 0.25) is 18.0 Å². The van der Waals surface area contributed by atoms with Gasteiger partial charge in [0, 0.05) is 18.8 Å². The Balaban J connectivity index is 1.78. The fraction of sp³-hybridized carbons (Fsp3) is 0.654. The number of thioether (sulfide) groups is 1. The van der Waals surface area contributed by atoms with Gasteiger partial charge in [-0.2, -0.15) is 0 Å². The predicted octanol–water partition coefficient (Wildman–Crippen LogP) is 0.0594. The smallest absolute Gasteiger partial charge is 0.353 e. The SMILES string of the molecule is CCCC1(SCC(NC(=O)CCC(NCNC)C(=O)O)C(=O)NC(O)C(=O)O)CCC2CC=CC3C(=O)OC1=C23. The second kappa shape index (κ2) is 14.1. The lowest BCUT2D eigenvalue weighted by atomic mass is 9.71. The van der Waals surface area contributed by atoms with E-state index in [9.17, 15) is 34.2 Å². The Kier molecular flexibility index (Phi) is 11.1. The molecular weight excluding hydrogens is 544 g/mol. The van der Waals surface area contributed by atoms with Crippen molar-refractivity contribution in [1.29, 1.82) is 0 Å². The van der Waals surface area contributed by atoms with E-state index >= 15 is 0 Å². The third kappa shape index (κ3) is 7.42. The van der Waals surface area contributed by atoms with Crippen molar-refractivity contribution in [2.24, 2.45) is 11.8 Å². The van der Waals surface area contributed by atoms with E-state index in [4.69, 9.17) is 9.84 Å². The number of carbonyl (C=O) groups is 5. The molecule has 14 heteroatoms. The Morgan fingerprint density at radius 1 is 1.18 bits per heavy atom. The number of aliphatic carboxylic acids is 2. The van der Waals surface area contributed by atoms with Gasteiger partial charge in [-0.1, -0.05) is 25.5 Å². The first kappa shape index (κ1) is 31.6. The number of hydrogen-bond acceptors (Lipinski definition) is 10. The standard InChI is InChI=1S/C26H38N4O9S/c1-3-10-26(11-9-14-5-4-6-15-19(14)20(26)39-25(15)38)40-12-17(21(32)30-22(33)24(36)37)29-18(31)8-7-16(23(34)35)28-13-27-2/h4,6,14-17,22,27-28,33H,3,5,7-13H2,1-2H3,(H,29,31)(H,30,32)(H,34,35)(H,36,37). The average molecular weight is 583 g/mol. The molecule has 222 valence electrons. The Labute approximate surface area is 236 Å². The van der Waals surface area contributed by atoms with E-state index in [-0.39, 0.29) is 37.2 Å². The first-order valence-electron chi connectivity index (χ1n) is 13.4. The lowest BCUT2D eigenvalue weighted by molar-refractivity contribution is -0.151. The van der Waals surface area contributed by atoms with Crippen LogP contribution >= 0.6 is 11.8 Å². The summed E-state index contributed by atoms with van der Waals surface area (Å²) in [5.41, 5.74) is 0.986. The van der Waals surface area contributed by atoms with E-state index in [1.807, 2.05) is 24.4 Å². The maximum Gasteiger partial charge on any atom is 0.353 e. The van der Waals surface area contributed by atoms with Crippen molar-refractivity contribution < 1.29 is 44.0 Å². The molecule has 0 fully saturated rings. The van der Waals surface area contributed by atoms with Gasteiger partial charge in [0.1, 0.15) is 23.8 Å². The molecule has 7 N–H and O–H groups in total. The van der Waals surface area contributed by atoms with Gasteiger partial charge in [-0.3, -0.25) is 24.5 Å². The summed E-state index contributed by atoms with van der Waals surface area (Å²) in [5, 5.41) is 38.2. The van der Waals surface area contributed by atoms with Crippen LogP contribution in [0.1, 0.15) is 51.9 Å². The fourth-order valence-corrected chi connectivity index (χ4v) is 7.05. The second-order valence-corrected chi connectivity index (χ2v) is 11.6. The van der Waals surface area contributed by atoms with Crippen LogP contribution in [0.15, 0.2) is 23.5 Å². The highest BCUT2D eigenvalue weighted by molar-refractivity contribution is 8.00. The van der Waals surface area contributed by atoms with E-state index in [2.05, 4.69) is 16.0 Å². The number of allylic oxidation sites excluding steroid dienone is 1. The zero-order valence-corrected chi connectivity index (χ0v) is 23.4. The number of aliphatic hydroxyl groups is 1. The third-order valence-corrected chi connectivity index (χ3v) is 9.03. The van der Waals surface area contributed by atoms with Crippen LogP contribution in [0.4, 0.5) is 0 Å². The topological polar surface area (TPSA) is 203 Å². The number of rotatable bonds is 16. The molecule has 0 aromatic rings. The number of aliphatic hydroxyl groups excluding tert-OH is 1. The van der Waals surface area contributed by atoms with E-state index in [0.717, 1.165) is 24.8 Å². The predicted molar refractivity (Wildman–Crippen MR) is 145 cm³/mol. The molecule has 0 spiro atoms. The van der Waals surface area contributed by atoms with Crippen LogP contribution in [0.2, 0.25) is 0 Å². The van der Waals surface area contributed by atoms with Gasteiger partial charge in [0.25, 0.3) is 0 Å². The largest absolute Gasteiger partial charge is 0.480 e. The normalized spacial score (nSPS) is 25.4. The Bertz CT molecular complexity index is 1060. The molecule has 1 aliphatic heterocycles. The average Bonchev–Trinajstić information content (AvgIpc) is 3.26. The molecule has 2 amide bonds. The summed E-state index contributed by atoms with van der Waals surface area (Å²) < 4.78 is 5.22. The highest BCUT2D eigenvalue weighted by atomic mass is 32.2. The van der Waals surface area contributed by atoms with Crippen molar-refractivity contribution in [3.05, 3.63) is 23.5 Å². The number of carbonyl (C=O) groups excluding carboxylic acids is 3. The molecule has 0 bridgehead atoms. The first-order valence-corrected chi connectivity index (χ1v) is 14.4. The first-order chi connectivity index (χ1) is 19.0. The summed E-state index contributed by atoms with van der Waals surface area (Å²) in [4.78, 5) is 61.0. The molecule has 0 aromatic carbocycles. The summed E-state index contributed by atoms with van der Waals surface area (Å²) in [5.74, 6) is -4.18. The van der Waals surface area contributed by atoms with Crippen LogP contribution in [-0.4, -0.2) is 87.6 Å². The minimum atomic E-state index is -2.17. The van der Waals surface area contributed by atoms with Crippen LogP contribution < -0.4 is 21.3 Å². The van der Waals surface area contributed by atoms with E-state index < -0.39 is 52.7 Å². The quantitative estimate of drug-likeness (QED) is 0.0733. The maximum atomic E-state index is 13.0. The summed E-state index contributed by atoms with van der Waals surface area (Å²) in [6.07, 6.45) is 5.22. The van der Waals surface area contributed by atoms with Gasteiger partial charge in [-0.05, 0) is 50.6 Å². The van der Waals surface area contributed by atoms with Crippen molar-refractivity contribution in [3.8, 4) is 0 Å². The number of nitrogens with one attached hydrogen (secondary N) is 4. The molecule has 0 saturated heterocycles. The summed E-state index contributed by atoms with van der Waals surface area (Å²) in [6, 6.07) is -2.24. The number of esters is 1. The van der Waals surface area contributed by atoms with Crippen molar-refractivity contribution >= 4 is 41.5 Å². The van der Waals surface area contributed by atoms with E-state index in [0.29, 0.717) is 18.6 Å². The number of carboxylic acids is 2. The van der Waals surface area contributed by atoms with Crippen LogP contribution in [0.5, 0.6) is 0 Å². The van der Waals surface area contributed by atoms with Crippen molar-refractivity contribution in [2.45, 2.75) is 74.9 Å². The number of ether oxygens (including phenoxy) is 1. The Morgan fingerprint density at radius 2 is 1.93 bits per heavy atom. The lowest BCUT2D eigenvalue weighted by Gasteiger charge is -2.41. The molecule has 0 aromatic heterocycles. The summed E-state index contributed by atoms with van der Waals surface area (Å²) in [7, 11) is 1.64. The van der Waals surface area contributed by atoms with E-state index in [1.165, 1.54) is 11.8 Å². The van der Waals surface area contributed by atoms with Crippen molar-refractivity contribution in [2.75, 3.05) is 19.5 Å². The number of hydrogen-bond donors (Lipinski definition) is 7. The maximum absolute atomic E-state index is 13.0. The third-order valence-electron chi connectivity index (χ3n) is 7.38. The zero-order valence-electron chi connectivity index (χ0n) is 22.6. The summed E-state index contributed by atoms with van der Waals surface area (Å²) in [6.45, 7) is 2.22. The molecule has 40 heavy (non-hydrogen) atoms. The highest BCUT2D eigenvalue weighted by Crippen LogP contribution is 2.55. The molecule has 6 unspecified atom stereocenters. The van der Waals surface area contributed by atoms with Crippen LogP contribution in [-0.2, 0) is 28.7 Å². The fourth-order valence-electron chi connectivity index (χ4n) is 5.42. The molecule has 0 saturated carbocycles. The second-order valence-electron chi connectivity index (χ2n) is 10.2. The van der Waals surface area contributed by atoms with Crippen LogP contribution in [0, 0.1) is 11.8 Å². The van der Waals surface area contributed by atoms with Gasteiger partial charge in [0.05, 0.1) is 4.75 Å². The zero-order chi connectivity index (χ0) is 29.4. The molecule has 1 heterocycles. The van der Waals surface area contributed by atoms with Crippen LogP contribution in [0.3, 0.4) is 0 Å². The van der Waals surface area contributed by atoms with Crippen LogP contribution in [0.25, 0.3) is 0 Å². The number of amides is 2. The highest BCUT2D eigenvalue weighted by Gasteiger charge is 2.52. The number of carboxylic acid groups (broad SMARTS) is 2. The molecule has 3 rings (SSSR count). The molecule has 3 aliphatic rings. The van der Waals surface area contributed by atoms with E-state index in [1.54, 1.807) is 7.05 Å². The van der Waals surface area contributed by atoms with Gasteiger partial charge in [-0.25, -0.2) is 4.79 Å². The monoisotopic (exact) mass is 582 g/mol. The lowest BCUT2D eigenvalue weighted by Crippen LogP contribution is -2.53.